The average Bonchev–Trinajstić information content (AvgIpc) is 2.73. The summed E-state index contributed by atoms with van der Waals surface area (Å²) in [6, 6.07) is 0. The zero-order chi connectivity index (χ0) is 11.5. The molecule has 0 bridgehead atoms. The van der Waals surface area contributed by atoms with Gasteiger partial charge in [-0.05, 0) is 51.0 Å². The smallest absolute Gasteiger partial charge is 0.117 e. The predicted octanol–water partition coefficient (Wildman–Crippen LogP) is 4.08. The maximum absolute atomic E-state index is 6.23. The van der Waals surface area contributed by atoms with Crippen LogP contribution in [0.2, 0.25) is 0 Å². The van der Waals surface area contributed by atoms with Gasteiger partial charge in [-0.1, -0.05) is 26.3 Å². The molecule has 0 aromatic rings. The Morgan fingerprint density at radius 2 is 1.87 bits per heavy atom. The fourth-order valence-corrected chi connectivity index (χ4v) is 3.91. The van der Waals surface area contributed by atoms with E-state index in [-0.39, 0.29) is 11.2 Å². The average molecular weight is 208 g/mol. The number of fused-ring (bicyclic) bond motifs is 1. The topological polar surface area (TPSA) is 12.5 Å². The van der Waals surface area contributed by atoms with Crippen molar-refractivity contribution in [1.29, 1.82) is 0 Å². The molecule has 0 spiro atoms. The van der Waals surface area contributed by atoms with Crippen molar-refractivity contribution in [3.63, 3.8) is 0 Å². The Morgan fingerprint density at radius 1 is 1.27 bits per heavy atom. The van der Waals surface area contributed by atoms with E-state index in [1.54, 1.807) is 5.57 Å². The van der Waals surface area contributed by atoms with Crippen molar-refractivity contribution < 1.29 is 4.74 Å². The highest BCUT2D eigenvalue weighted by atomic mass is 16.6. The Morgan fingerprint density at radius 3 is 2.33 bits per heavy atom. The normalized spacial score (nSPS) is 42.4. The lowest BCUT2D eigenvalue weighted by Gasteiger charge is -2.39. The zero-order valence-corrected chi connectivity index (χ0v) is 11.0. The number of hydrogen-bond acceptors (Lipinski definition) is 1. The molecule has 1 heterocycles. The van der Waals surface area contributed by atoms with Gasteiger partial charge in [0.05, 0.1) is 0 Å². The molecule has 1 aliphatic carbocycles. The van der Waals surface area contributed by atoms with E-state index in [4.69, 9.17) is 4.74 Å². The predicted molar refractivity (Wildman–Crippen MR) is 63.9 cm³/mol. The Bertz CT molecular complexity index is 322. The molecule has 2 fully saturated rings. The highest BCUT2D eigenvalue weighted by Gasteiger charge is 2.75. The van der Waals surface area contributed by atoms with Gasteiger partial charge in [0.25, 0.3) is 0 Å². The summed E-state index contributed by atoms with van der Waals surface area (Å²) >= 11 is 0. The largest absolute Gasteiger partial charge is 0.358 e. The number of rotatable bonds is 1. The SMILES string of the molecule is CCC12OC1(C)C(=C(C)C)CCC2(C)C. The molecule has 1 saturated heterocycles. The molecule has 0 amide bonds. The lowest BCUT2D eigenvalue weighted by atomic mass is 9.61. The first kappa shape index (κ1) is 11.2. The lowest BCUT2D eigenvalue weighted by molar-refractivity contribution is 0.123. The summed E-state index contributed by atoms with van der Waals surface area (Å²) in [5.41, 5.74) is 3.51. The Balaban J connectivity index is 2.45. The van der Waals surface area contributed by atoms with E-state index in [1.807, 2.05) is 0 Å². The van der Waals surface area contributed by atoms with Crippen LogP contribution in [-0.4, -0.2) is 11.2 Å². The van der Waals surface area contributed by atoms with Crippen LogP contribution < -0.4 is 0 Å². The van der Waals surface area contributed by atoms with E-state index in [2.05, 4.69) is 41.5 Å². The van der Waals surface area contributed by atoms with Gasteiger partial charge in [0.2, 0.25) is 0 Å². The van der Waals surface area contributed by atoms with E-state index in [9.17, 15) is 0 Å². The van der Waals surface area contributed by atoms with Crippen LogP contribution in [0.3, 0.4) is 0 Å². The summed E-state index contributed by atoms with van der Waals surface area (Å²) in [4.78, 5) is 0. The van der Waals surface area contributed by atoms with Gasteiger partial charge in [-0.15, -0.1) is 0 Å². The third-order valence-corrected chi connectivity index (χ3v) is 4.88. The summed E-state index contributed by atoms with van der Waals surface area (Å²) in [5, 5.41) is 0. The first-order valence-electron chi connectivity index (χ1n) is 6.18. The third kappa shape index (κ3) is 1.13. The number of allylic oxidation sites excluding steroid dienone is 1. The summed E-state index contributed by atoms with van der Waals surface area (Å²) in [5.74, 6) is 0. The molecule has 2 unspecified atom stereocenters. The molecule has 1 heteroatoms. The van der Waals surface area contributed by atoms with Gasteiger partial charge in [-0.25, -0.2) is 0 Å². The van der Waals surface area contributed by atoms with Crippen LogP contribution in [-0.2, 0) is 4.74 Å². The van der Waals surface area contributed by atoms with E-state index < -0.39 is 0 Å². The van der Waals surface area contributed by atoms with Gasteiger partial charge in [0.1, 0.15) is 11.2 Å². The van der Waals surface area contributed by atoms with Crippen LogP contribution in [0.5, 0.6) is 0 Å². The molecule has 15 heavy (non-hydrogen) atoms. The molecule has 0 aromatic carbocycles. The molecular weight excluding hydrogens is 184 g/mol. The Kier molecular flexibility index (Phi) is 2.15. The first-order valence-corrected chi connectivity index (χ1v) is 6.18. The summed E-state index contributed by atoms with van der Waals surface area (Å²) in [6.45, 7) is 13.7. The van der Waals surface area contributed by atoms with Gasteiger partial charge in [-0.3, -0.25) is 0 Å². The zero-order valence-electron chi connectivity index (χ0n) is 11.0. The van der Waals surface area contributed by atoms with Gasteiger partial charge < -0.3 is 4.74 Å². The van der Waals surface area contributed by atoms with Crippen molar-refractivity contribution >= 4 is 0 Å². The van der Waals surface area contributed by atoms with Crippen LogP contribution in [0.1, 0.15) is 60.8 Å². The molecule has 86 valence electrons. The summed E-state index contributed by atoms with van der Waals surface area (Å²) in [6.07, 6.45) is 3.61. The molecule has 1 aliphatic heterocycles. The minimum Gasteiger partial charge on any atom is -0.358 e. The van der Waals surface area contributed by atoms with Gasteiger partial charge >= 0.3 is 0 Å². The third-order valence-electron chi connectivity index (χ3n) is 4.88. The van der Waals surface area contributed by atoms with Crippen LogP contribution in [0.4, 0.5) is 0 Å². The second-order valence-corrected chi connectivity index (χ2v) is 6.18. The molecule has 0 aromatic heterocycles. The molecule has 0 radical (unpaired) electrons. The molecule has 1 saturated carbocycles. The van der Waals surface area contributed by atoms with Crippen molar-refractivity contribution in [2.75, 3.05) is 0 Å². The van der Waals surface area contributed by atoms with Gasteiger partial charge in [0, 0.05) is 0 Å². The van der Waals surface area contributed by atoms with E-state index in [1.165, 1.54) is 18.4 Å². The van der Waals surface area contributed by atoms with Gasteiger partial charge in [0.15, 0.2) is 0 Å². The molecule has 2 atom stereocenters. The fraction of sp³-hybridized carbons (Fsp3) is 0.857. The summed E-state index contributed by atoms with van der Waals surface area (Å²) < 4.78 is 6.23. The Labute approximate surface area is 93.9 Å². The molecular formula is C14H24O. The van der Waals surface area contributed by atoms with Crippen molar-refractivity contribution in [2.24, 2.45) is 5.41 Å². The van der Waals surface area contributed by atoms with Gasteiger partial charge in [-0.2, -0.15) is 0 Å². The highest BCUT2D eigenvalue weighted by molar-refractivity contribution is 5.40. The second-order valence-electron chi connectivity index (χ2n) is 6.18. The van der Waals surface area contributed by atoms with Crippen molar-refractivity contribution in [3.05, 3.63) is 11.1 Å². The number of hydrogen-bond donors (Lipinski definition) is 0. The Hall–Kier alpha value is -0.300. The molecule has 1 nitrogen and oxygen atoms in total. The fourth-order valence-electron chi connectivity index (χ4n) is 3.91. The highest BCUT2D eigenvalue weighted by Crippen LogP contribution is 2.68. The maximum Gasteiger partial charge on any atom is 0.117 e. The minimum absolute atomic E-state index is 0.0440. The lowest BCUT2D eigenvalue weighted by Crippen LogP contribution is -2.43. The van der Waals surface area contributed by atoms with E-state index in [0.29, 0.717) is 5.41 Å². The molecule has 0 N–H and O–H groups in total. The summed E-state index contributed by atoms with van der Waals surface area (Å²) in [7, 11) is 0. The quantitative estimate of drug-likeness (QED) is 0.467. The van der Waals surface area contributed by atoms with Crippen LogP contribution in [0.25, 0.3) is 0 Å². The number of ether oxygens (including phenoxy) is 1. The van der Waals surface area contributed by atoms with Crippen LogP contribution in [0.15, 0.2) is 11.1 Å². The van der Waals surface area contributed by atoms with Crippen molar-refractivity contribution in [2.45, 2.75) is 72.0 Å². The molecule has 2 aliphatic rings. The van der Waals surface area contributed by atoms with E-state index >= 15 is 0 Å². The van der Waals surface area contributed by atoms with Crippen LogP contribution >= 0.6 is 0 Å². The first-order chi connectivity index (χ1) is 6.81. The molecule has 2 rings (SSSR count). The minimum atomic E-state index is 0.0440. The number of epoxide rings is 1. The van der Waals surface area contributed by atoms with Crippen LogP contribution in [0, 0.1) is 5.41 Å². The second kappa shape index (κ2) is 2.88. The maximum atomic E-state index is 6.23. The van der Waals surface area contributed by atoms with Crippen molar-refractivity contribution in [3.8, 4) is 0 Å². The monoisotopic (exact) mass is 208 g/mol. The van der Waals surface area contributed by atoms with Crippen molar-refractivity contribution in [1.82, 2.24) is 0 Å². The standard InChI is InChI=1S/C14H24O/c1-7-14-12(4,5)9-8-11(10(2)3)13(14,6)15-14/h7-9H2,1-6H3. The van der Waals surface area contributed by atoms with E-state index in [0.717, 1.165) is 6.42 Å².